The van der Waals surface area contributed by atoms with Crippen LogP contribution in [0.4, 0.5) is 8.78 Å². The molecule has 26 heavy (non-hydrogen) atoms. The van der Waals surface area contributed by atoms with Gasteiger partial charge in [0.1, 0.15) is 23.5 Å². The zero-order chi connectivity index (χ0) is 18.8. The maximum Gasteiger partial charge on any atom is 0.191 e. The Morgan fingerprint density at radius 2 is 1.65 bits per heavy atom. The van der Waals surface area contributed by atoms with Gasteiger partial charge < -0.3 is 17.2 Å². The number of aliphatic imine (C=N–C) groups is 1. The van der Waals surface area contributed by atoms with Crippen molar-refractivity contribution in [1.82, 2.24) is 9.97 Å². The lowest BCUT2D eigenvalue weighted by Crippen LogP contribution is -2.23. The standard InChI is InChI=1S/C18H16F2N6/c1-9-13-6-11(7-14(20)17(13)25-8-24-9)15(21)16(26-18(22)23)10-2-4-12(19)5-3-10/h2-8H,21H2,1H3,(H4,22,23,26)/b16-15-. The van der Waals surface area contributed by atoms with Crippen LogP contribution in [0.2, 0.25) is 0 Å². The van der Waals surface area contributed by atoms with Crippen molar-refractivity contribution in [3.05, 3.63) is 71.2 Å². The number of aryl methyl sites for hydroxylation is 1. The lowest BCUT2D eigenvalue weighted by Gasteiger charge is -2.11. The quantitative estimate of drug-likeness (QED) is 0.379. The molecule has 0 amide bonds. The first-order valence-corrected chi connectivity index (χ1v) is 7.63. The first-order valence-electron chi connectivity index (χ1n) is 7.63. The Morgan fingerprint density at radius 1 is 0.962 bits per heavy atom. The van der Waals surface area contributed by atoms with Crippen molar-refractivity contribution in [3.63, 3.8) is 0 Å². The van der Waals surface area contributed by atoms with Crippen LogP contribution >= 0.6 is 0 Å². The molecule has 0 saturated carbocycles. The highest BCUT2D eigenvalue weighted by molar-refractivity contribution is 5.96. The lowest BCUT2D eigenvalue weighted by molar-refractivity contribution is 0.627. The highest BCUT2D eigenvalue weighted by atomic mass is 19.1. The predicted octanol–water partition coefficient (Wildman–Crippen LogP) is 2.27. The van der Waals surface area contributed by atoms with Crippen molar-refractivity contribution in [3.8, 4) is 0 Å². The topological polar surface area (TPSA) is 116 Å². The molecular weight excluding hydrogens is 338 g/mol. The average molecular weight is 354 g/mol. The van der Waals surface area contributed by atoms with Gasteiger partial charge in [-0.15, -0.1) is 0 Å². The molecule has 6 nitrogen and oxygen atoms in total. The van der Waals surface area contributed by atoms with E-state index in [1.54, 1.807) is 13.0 Å². The van der Waals surface area contributed by atoms with Crippen LogP contribution in [-0.4, -0.2) is 15.9 Å². The molecule has 0 aliphatic rings. The van der Waals surface area contributed by atoms with E-state index in [1.807, 2.05) is 0 Å². The molecule has 3 aromatic rings. The largest absolute Gasteiger partial charge is 0.396 e. The lowest BCUT2D eigenvalue weighted by atomic mass is 10.0. The van der Waals surface area contributed by atoms with Crippen LogP contribution in [0.25, 0.3) is 22.3 Å². The van der Waals surface area contributed by atoms with Crippen LogP contribution in [0.5, 0.6) is 0 Å². The summed E-state index contributed by atoms with van der Waals surface area (Å²) < 4.78 is 27.7. The number of hydrogen-bond acceptors (Lipinski definition) is 4. The molecule has 0 bridgehead atoms. The molecule has 132 valence electrons. The van der Waals surface area contributed by atoms with Crippen molar-refractivity contribution < 1.29 is 8.78 Å². The van der Waals surface area contributed by atoms with E-state index < -0.39 is 11.6 Å². The third-order valence-corrected chi connectivity index (χ3v) is 3.82. The van der Waals surface area contributed by atoms with Crippen LogP contribution in [0.1, 0.15) is 16.8 Å². The summed E-state index contributed by atoms with van der Waals surface area (Å²) in [4.78, 5) is 12.1. The van der Waals surface area contributed by atoms with Crippen LogP contribution in [0, 0.1) is 18.6 Å². The molecule has 0 aliphatic carbocycles. The minimum absolute atomic E-state index is 0.133. The molecule has 2 aromatic carbocycles. The van der Waals surface area contributed by atoms with Gasteiger partial charge in [0.05, 0.1) is 11.4 Å². The number of aromatic nitrogens is 2. The van der Waals surface area contributed by atoms with Crippen molar-refractivity contribution in [2.45, 2.75) is 6.92 Å². The third kappa shape index (κ3) is 3.30. The summed E-state index contributed by atoms with van der Waals surface area (Å²) in [6.45, 7) is 1.74. The zero-order valence-corrected chi connectivity index (χ0v) is 13.9. The van der Waals surface area contributed by atoms with E-state index in [4.69, 9.17) is 17.2 Å². The average Bonchev–Trinajstić information content (AvgIpc) is 2.60. The molecular formula is C18H16F2N6. The number of hydrogen-bond donors (Lipinski definition) is 3. The highest BCUT2D eigenvalue weighted by Gasteiger charge is 2.14. The molecule has 0 fully saturated rings. The predicted molar refractivity (Wildman–Crippen MR) is 97.4 cm³/mol. The highest BCUT2D eigenvalue weighted by Crippen LogP contribution is 2.28. The Bertz CT molecular complexity index is 1040. The minimum Gasteiger partial charge on any atom is -0.396 e. The molecule has 0 spiro atoms. The minimum atomic E-state index is -0.547. The van der Waals surface area contributed by atoms with Gasteiger partial charge in [-0.05, 0) is 43.3 Å². The van der Waals surface area contributed by atoms with E-state index in [0.29, 0.717) is 22.2 Å². The number of halogens is 2. The van der Waals surface area contributed by atoms with E-state index in [-0.39, 0.29) is 22.9 Å². The van der Waals surface area contributed by atoms with Crippen LogP contribution in [-0.2, 0) is 0 Å². The Balaban J connectivity index is 2.27. The molecule has 1 heterocycles. The van der Waals surface area contributed by atoms with Crippen molar-refractivity contribution >= 4 is 28.3 Å². The number of nitrogens with zero attached hydrogens (tertiary/aromatic N) is 3. The van der Waals surface area contributed by atoms with Crippen LogP contribution in [0.15, 0.2) is 47.7 Å². The van der Waals surface area contributed by atoms with Crippen molar-refractivity contribution in [2.24, 2.45) is 22.2 Å². The van der Waals surface area contributed by atoms with Gasteiger partial charge in [0.15, 0.2) is 5.96 Å². The van der Waals surface area contributed by atoms with Gasteiger partial charge in [-0.3, -0.25) is 0 Å². The van der Waals surface area contributed by atoms with Gasteiger partial charge in [-0.25, -0.2) is 23.7 Å². The van der Waals surface area contributed by atoms with Crippen LogP contribution < -0.4 is 17.2 Å². The van der Waals surface area contributed by atoms with Crippen molar-refractivity contribution in [1.29, 1.82) is 0 Å². The Hall–Kier alpha value is -3.55. The van der Waals surface area contributed by atoms with E-state index in [1.165, 1.54) is 36.7 Å². The summed E-state index contributed by atoms with van der Waals surface area (Å²) in [5, 5.41) is 0.522. The summed E-state index contributed by atoms with van der Waals surface area (Å²) in [6.07, 6.45) is 1.29. The van der Waals surface area contributed by atoms with Gasteiger partial charge in [0.2, 0.25) is 0 Å². The second kappa shape index (κ2) is 6.75. The summed E-state index contributed by atoms with van der Waals surface area (Å²) >= 11 is 0. The monoisotopic (exact) mass is 354 g/mol. The number of guanidine groups is 1. The van der Waals surface area contributed by atoms with Gasteiger partial charge in [0, 0.05) is 22.2 Å². The Kier molecular flexibility index (Phi) is 4.49. The second-order valence-electron chi connectivity index (χ2n) is 5.62. The van der Waals surface area contributed by atoms with Gasteiger partial charge in [0.25, 0.3) is 0 Å². The summed E-state index contributed by atoms with van der Waals surface area (Å²) in [5.74, 6) is -1.19. The normalized spacial score (nSPS) is 12.0. The molecule has 0 unspecified atom stereocenters. The second-order valence-corrected chi connectivity index (χ2v) is 5.62. The van der Waals surface area contributed by atoms with E-state index in [2.05, 4.69) is 15.0 Å². The fourth-order valence-corrected chi connectivity index (χ4v) is 2.56. The Morgan fingerprint density at radius 3 is 2.31 bits per heavy atom. The summed E-state index contributed by atoms with van der Waals surface area (Å²) in [5.41, 5.74) is 19.2. The van der Waals surface area contributed by atoms with E-state index >= 15 is 0 Å². The van der Waals surface area contributed by atoms with Crippen LogP contribution in [0.3, 0.4) is 0 Å². The first-order chi connectivity index (χ1) is 12.4. The number of nitrogens with two attached hydrogens (primary N) is 3. The summed E-state index contributed by atoms with van der Waals surface area (Å²) in [7, 11) is 0. The summed E-state index contributed by atoms with van der Waals surface area (Å²) in [6, 6.07) is 8.38. The zero-order valence-electron chi connectivity index (χ0n) is 13.9. The SMILES string of the molecule is Cc1ncnc2c(F)cc(/C(N)=C(/N=C(N)N)c3ccc(F)cc3)cc12. The first kappa shape index (κ1) is 17.3. The smallest absolute Gasteiger partial charge is 0.191 e. The van der Waals surface area contributed by atoms with Gasteiger partial charge in [-0.1, -0.05) is 0 Å². The fourth-order valence-electron chi connectivity index (χ4n) is 2.56. The van der Waals surface area contributed by atoms with Gasteiger partial charge >= 0.3 is 0 Å². The van der Waals surface area contributed by atoms with E-state index in [0.717, 1.165) is 0 Å². The van der Waals surface area contributed by atoms with Crippen molar-refractivity contribution in [2.75, 3.05) is 0 Å². The number of fused-ring (bicyclic) bond motifs is 1. The molecule has 0 saturated heterocycles. The molecule has 3 rings (SSSR count). The van der Waals surface area contributed by atoms with E-state index in [9.17, 15) is 8.78 Å². The molecule has 0 atom stereocenters. The fraction of sp³-hybridized carbons (Fsp3) is 0.0556. The molecule has 6 N–H and O–H groups in total. The molecule has 8 heteroatoms. The maximum absolute atomic E-state index is 14.5. The van der Waals surface area contributed by atoms with Gasteiger partial charge in [-0.2, -0.15) is 0 Å². The molecule has 0 aliphatic heterocycles. The third-order valence-electron chi connectivity index (χ3n) is 3.82. The number of rotatable bonds is 3. The molecule has 0 radical (unpaired) electrons. The number of benzene rings is 2. The maximum atomic E-state index is 14.5. The molecule has 1 aromatic heterocycles. The Labute approximate surface area is 148 Å².